The van der Waals surface area contributed by atoms with Gasteiger partial charge in [-0.1, -0.05) is 67.7 Å². The lowest BCUT2D eigenvalue weighted by atomic mass is 10.0. The SMILES string of the molecule is CCCCNC(=O)C(CC)N(Cc1ccc(Cl)cc1Cl)C(=O)Cc1ccc(C)c(C)c1. The van der Waals surface area contributed by atoms with Gasteiger partial charge in [0.2, 0.25) is 11.8 Å². The normalized spacial score (nSPS) is 11.8. The highest BCUT2D eigenvalue weighted by Gasteiger charge is 2.29. The van der Waals surface area contributed by atoms with E-state index in [-0.39, 0.29) is 24.8 Å². The molecule has 168 valence electrons. The van der Waals surface area contributed by atoms with E-state index in [1.54, 1.807) is 17.0 Å². The summed E-state index contributed by atoms with van der Waals surface area (Å²) < 4.78 is 0. The van der Waals surface area contributed by atoms with Gasteiger partial charge in [0.15, 0.2) is 0 Å². The van der Waals surface area contributed by atoms with Gasteiger partial charge in [0.25, 0.3) is 0 Å². The van der Waals surface area contributed by atoms with Crippen molar-refractivity contribution in [1.29, 1.82) is 0 Å². The third-order valence-corrected chi connectivity index (χ3v) is 6.08. The van der Waals surface area contributed by atoms with E-state index in [1.807, 2.05) is 45.0 Å². The molecule has 6 heteroatoms. The summed E-state index contributed by atoms with van der Waals surface area (Å²) in [6.07, 6.45) is 2.64. The van der Waals surface area contributed by atoms with Gasteiger partial charge in [0, 0.05) is 23.1 Å². The van der Waals surface area contributed by atoms with Crippen LogP contribution in [0.25, 0.3) is 0 Å². The van der Waals surface area contributed by atoms with Crippen LogP contribution < -0.4 is 5.32 Å². The maximum absolute atomic E-state index is 13.4. The lowest BCUT2D eigenvalue weighted by molar-refractivity contribution is -0.140. The van der Waals surface area contributed by atoms with E-state index in [0.29, 0.717) is 23.0 Å². The molecule has 0 heterocycles. The van der Waals surface area contributed by atoms with Crippen molar-refractivity contribution >= 4 is 35.0 Å². The van der Waals surface area contributed by atoms with Gasteiger partial charge in [-0.3, -0.25) is 9.59 Å². The molecule has 0 bridgehead atoms. The number of halogens is 2. The standard InChI is InChI=1S/C25H32Cl2N2O2/c1-5-7-12-28-25(31)23(6-2)29(16-20-10-11-21(26)15-22(20)27)24(30)14-19-9-8-17(3)18(4)13-19/h8-11,13,15,23H,5-7,12,14,16H2,1-4H3,(H,28,31). The molecule has 0 fully saturated rings. The van der Waals surface area contributed by atoms with Crippen LogP contribution in [0, 0.1) is 13.8 Å². The maximum atomic E-state index is 13.4. The molecule has 2 aromatic rings. The summed E-state index contributed by atoms with van der Waals surface area (Å²) >= 11 is 12.4. The second kappa shape index (κ2) is 12.1. The highest BCUT2D eigenvalue weighted by molar-refractivity contribution is 6.35. The van der Waals surface area contributed by atoms with E-state index in [0.717, 1.165) is 29.5 Å². The van der Waals surface area contributed by atoms with E-state index in [4.69, 9.17) is 23.2 Å². The second-order valence-corrected chi connectivity index (χ2v) is 8.77. The highest BCUT2D eigenvalue weighted by atomic mass is 35.5. The topological polar surface area (TPSA) is 49.4 Å². The van der Waals surface area contributed by atoms with E-state index in [1.165, 1.54) is 5.56 Å². The summed E-state index contributed by atoms with van der Waals surface area (Å²) in [6.45, 7) is 8.93. The van der Waals surface area contributed by atoms with Crippen molar-refractivity contribution in [1.82, 2.24) is 10.2 Å². The minimum atomic E-state index is -0.567. The molecular formula is C25H32Cl2N2O2. The smallest absolute Gasteiger partial charge is 0.242 e. The number of benzene rings is 2. The number of nitrogens with one attached hydrogen (secondary N) is 1. The number of hydrogen-bond donors (Lipinski definition) is 1. The molecule has 0 saturated heterocycles. The molecule has 0 saturated carbocycles. The highest BCUT2D eigenvalue weighted by Crippen LogP contribution is 2.24. The lowest BCUT2D eigenvalue weighted by Crippen LogP contribution is -2.49. The van der Waals surface area contributed by atoms with Crippen LogP contribution in [0.1, 0.15) is 55.4 Å². The van der Waals surface area contributed by atoms with Gasteiger partial charge in [0.05, 0.1) is 6.42 Å². The number of amides is 2. The van der Waals surface area contributed by atoms with Crippen LogP contribution in [0.15, 0.2) is 36.4 Å². The van der Waals surface area contributed by atoms with Crippen LogP contribution in [0.3, 0.4) is 0 Å². The summed E-state index contributed by atoms with van der Waals surface area (Å²) in [4.78, 5) is 28.0. The van der Waals surface area contributed by atoms with Crippen molar-refractivity contribution in [3.8, 4) is 0 Å². The number of carbonyl (C=O) groups excluding carboxylic acids is 2. The average molecular weight is 463 g/mol. The molecule has 2 amide bonds. The van der Waals surface area contributed by atoms with E-state index >= 15 is 0 Å². The van der Waals surface area contributed by atoms with E-state index in [2.05, 4.69) is 12.2 Å². The van der Waals surface area contributed by atoms with Crippen molar-refractivity contribution in [2.75, 3.05) is 6.54 Å². The van der Waals surface area contributed by atoms with Crippen molar-refractivity contribution < 1.29 is 9.59 Å². The van der Waals surface area contributed by atoms with Crippen LogP contribution in [-0.2, 0) is 22.6 Å². The van der Waals surface area contributed by atoms with Gasteiger partial charge in [-0.05, 0) is 61.1 Å². The summed E-state index contributed by atoms with van der Waals surface area (Å²) in [5, 5.41) is 3.99. The van der Waals surface area contributed by atoms with Crippen LogP contribution in [0.2, 0.25) is 10.0 Å². The van der Waals surface area contributed by atoms with E-state index in [9.17, 15) is 9.59 Å². The molecule has 0 aliphatic rings. The van der Waals surface area contributed by atoms with Crippen molar-refractivity contribution in [2.45, 2.75) is 66.0 Å². The van der Waals surface area contributed by atoms with Crippen molar-refractivity contribution in [3.05, 3.63) is 68.7 Å². The second-order valence-electron chi connectivity index (χ2n) is 7.92. The summed E-state index contributed by atoms with van der Waals surface area (Å²) in [5.74, 6) is -0.235. The third-order valence-electron chi connectivity index (χ3n) is 5.50. The minimum Gasteiger partial charge on any atom is -0.354 e. The molecule has 4 nitrogen and oxygen atoms in total. The molecule has 0 radical (unpaired) electrons. The predicted molar refractivity (Wildman–Crippen MR) is 129 cm³/mol. The Kier molecular flexibility index (Phi) is 9.86. The van der Waals surface area contributed by atoms with Gasteiger partial charge in [-0.25, -0.2) is 0 Å². The number of carbonyl (C=O) groups is 2. The van der Waals surface area contributed by atoms with Gasteiger partial charge < -0.3 is 10.2 Å². The first kappa shape index (κ1) is 25.2. The summed E-state index contributed by atoms with van der Waals surface area (Å²) in [6, 6.07) is 10.7. The summed E-state index contributed by atoms with van der Waals surface area (Å²) in [5.41, 5.74) is 4.02. The average Bonchev–Trinajstić information content (AvgIpc) is 2.72. The maximum Gasteiger partial charge on any atom is 0.242 e. The molecule has 0 spiro atoms. The zero-order valence-electron chi connectivity index (χ0n) is 18.8. The third kappa shape index (κ3) is 7.26. The van der Waals surface area contributed by atoms with Crippen LogP contribution in [0.4, 0.5) is 0 Å². The van der Waals surface area contributed by atoms with Crippen molar-refractivity contribution in [2.24, 2.45) is 0 Å². The Morgan fingerprint density at radius 1 is 1.03 bits per heavy atom. The number of aryl methyl sites for hydroxylation is 2. The molecule has 0 aliphatic heterocycles. The molecule has 1 unspecified atom stereocenters. The lowest BCUT2D eigenvalue weighted by Gasteiger charge is -2.31. The first-order chi connectivity index (χ1) is 14.8. The molecular weight excluding hydrogens is 431 g/mol. The summed E-state index contributed by atoms with van der Waals surface area (Å²) in [7, 11) is 0. The van der Waals surface area contributed by atoms with E-state index < -0.39 is 6.04 Å². The van der Waals surface area contributed by atoms with Crippen LogP contribution in [-0.4, -0.2) is 29.3 Å². The largest absolute Gasteiger partial charge is 0.354 e. The van der Waals surface area contributed by atoms with Gasteiger partial charge in [-0.15, -0.1) is 0 Å². The zero-order chi connectivity index (χ0) is 23.0. The Hall–Kier alpha value is -2.04. The minimum absolute atomic E-state index is 0.105. The molecule has 2 rings (SSSR count). The Morgan fingerprint density at radius 3 is 2.39 bits per heavy atom. The molecule has 31 heavy (non-hydrogen) atoms. The Bertz CT molecular complexity index is 914. The first-order valence-corrected chi connectivity index (χ1v) is 11.6. The Balaban J connectivity index is 2.31. The molecule has 1 N–H and O–H groups in total. The fourth-order valence-electron chi connectivity index (χ4n) is 3.45. The number of unbranched alkanes of at least 4 members (excludes halogenated alkanes) is 1. The molecule has 2 aromatic carbocycles. The quantitative estimate of drug-likeness (QED) is 0.448. The van der Waals surface area contributed by atoms with Gasteiger partial charge in [-0.2, -0.15) is 0 Å². The Labute approximate surface area is 195 Å². The first-order valence-electron chi connectivity index (χ1n) is 10.8. The fraction of sp³-hybridized carbons (Fsp3) is 0.440. The van der Waals surface area contributed by atoms with Gasteiger partial charge in [0.1, 0.15) is 6.04 Å². The van der Waals surface area contributed by atoms with Crippen LogP contribution >= 0.6 is 23.2 Å². The molecule has 1 atom stereocenters. The molecule has 0 aromatic heterocycles. The van der Waals surface area contributed by atoms with Crippen LogP contribution in [0.5, 0.6) is 0 Å². The number of rotatable bonds is 10. The monoisotopic (exact) mass is 462 g/mol. The predicted octanol–water partition coefficient (Wildman–Crippen LogP) is 5.88. The number of nitrogens with zero attached hydrogens (tertiary/aromatic N) is 1. The zero-order valence-corrected chi connectivity index (χ0v) is 20.3. The number of hydrogen-bond acceptors (Lipinski definition) is 2. The Morgan fingerprint density at radius 2 is 1.77 bits per heavy atom. The molecule has 0 aliphatic carbocycles. The fourth-order valence-corrected chi connectivity index (χ4v) is 3.92. The van der Waals surface area contributed by atoms with Crippen molar-refractivity contribution in [3.63, 3.8) is 0 Å². The van der Waals surface area contributed by atoms with Gasteiger partial charge >= 0.3 is 0 Å².